The van der Waals surface area contributed by atoms with E-state index in [1.54, 1.807) is 25.1 Å². The van der Waals surface area contributed by atoms with Gasteiger partial charge in [0, 0.05) is 0 Å². The minimum absolute atomic E-state index is 0.0568. The minimum Gasteiger partial charge on any atom is -0.475 e. The molecule has 1 rings (SSSR count). The van der Waals surface area contributed by atoms with Crippen LogP contribution in [0.2, 0.25) is 0 Å². The summed E-state index contributed by atoms with van der Waals surface area (Å²) in [4.78, 5) is 0. The van der Waals surface area contributed by atoms with E-state index in [0.29, 0.717) is 10.2 Å². The van der Waals surface area contributed by atoms with Crippen molar-refractivity contribution in [3.05, 3.63) is 28.2 Å². The molecule has 74 valence electrons. The topological polar surface area (TPSA) is 53.2 Å². The van der Waals surface area contributed by atoms with Crippen LogP contribution in [0.25, 0.3) is 0 Å². The molecule has 1 aromatic carbocycles. The summed E-state index contributed by atoms with van der Waals surface area (Å²) in [6, 6.07) is 7.28. The first kappa shape index (κ1) is 11.0. The number of rotatable bonds is 3. The van der Waals surface area contributed by atoms with Gasteiger partial charge in [-0.2, -0.15) is 5.26 Å². The zero-order valence-electron chi connectivity index (χ0n) is 7.70. The van der Waals surface area contributed by atoms with Crippen LogP contribution in [-0.4, -0.2) is 11.2 Å². The van der Waals surface area contributed by atoms with Gasteiger partial charge < -0.3 is 9.84 Å². The van der Waals surface area contributed by atoms with Gasteiger partial charge in [0.1, 0.15) is 11.8 Å². The van der Waals surface area contributed by atoms with Gasteiger partial charge in [0.05, 0.1) is 11.1 Å². The van der Waals surface area contributed by atoms with Gasteiger partial charge in [-0.05, 0) is 34.5 Å². The van der Waals surface area contributed by atoms with E-state index < -0.39 is 6.10 Å². The van der Waals surface area contributed by atoms with Crippen molar-refractivity contribution in [1.82, 2.24) is 0 Å². The molecular weight excluding hydrogens is 246 g/mol. The predicted molar refractivity (Wildman–Crippen MR) is 55.8 cm³/mol. The number of hydrogen-bond donors (Lipinski definition) is 1. The summed E-state index contributed by atoms with van der Waals surface area (Å²) in [5.41, 5.74) is 0.743. The fourth-order valence-electron chi connectivity index (χ4n) is 0.986. The highest BCUT2D eigenvalue weighted by molar-refractivity contribution is 9.10. The molecule has 14 heavy (non-hydrogen) atoms. The lowest BCUT2D eigenvalue weighted by atomic mass is 10.2. The third-order valence-electron chi connectivity index (χ3n) is 1.70. The summed E-state index contributed by atoms with van der Waals surface area (Å²) in [6.45, 7) is 1.61. The second kappa shape index (κ2) is 4.99. The van der Waals surface area contributed by atoms with E-state index in [4.69, 9.17) is 15.1 Å². The molecule has 0 aliphatic carbocycles. The molecule has 4 heteroatoms. The van der Waals surface area contributed by atoms with Gasteiger partial charge >= 0.3 is 0 Å². The van der Waals surface area contributed by atoms with Crippen molar-refractivity contribution in [1.29, 1.82) is 5.26 Å². The lowest BCUT2D eigenvalue weighted by Crippen LogP contribution is -2.08. The Morgan fingerprint density at radius 1 is 1.64 bits per heavy atom. The van der Waals surface area contributed by atoms with E-state index in [9.17, 15) is 0 Å². The molecular formula is C10H10BrNO2. The maximum absolute atomic E-state index is 8.98. The summed E-state index contributed by atoms with van der Waals surface area (Å²) >= 11 is 3.30. The van der Waals surface area contributed by atoms with Crippen molar-refractivity contribution in [2.75, 3.05) is 0 Å². The molecule has 0 aliphatic heterocycles. The summed E-state index contributed by atoms with van der Waals surface area (Å²) in [6.07, 6.45) is -0.500. The molecule has 0 heterocycles. The van der Waals surface area contributed by atoms with E-state index in [0.717, 1.165) is 5.56 Å². The predicted octanol–water partition coefficient (Wildman–Crippen LogP) is 2.23. The molecule has 0 aliphatic rings. The average Bonchev–Trinajstić information content (AvgIpc) is 2.21. The van der Waals surface area contributed by atoms with Crippen LogP contribution in [-0.2, 0) is 6.61 Å². The first-order valence-electron chi connectivity index (χ1n) is 4.13. The van der Waals surface area contributed by atoms with Crippen molar-refractivity contribution in [2.45, 2.75) is 19.6 Å². The van der Waals surface area contributed by atoms with Crippen LogP contribution in [0.15, 0.2) is 22.7 Å². The largest absolute Gasteiger partial charge is 0.475 e. The Morgan fingerprint density at radius 2 is 2.36 bits per heavy atom. The normalized spacial score (nSPS) is 11.9. The van der Waals surface area contributed by atoms with Crippen LogP contribution in [0.4, 0.5) is 0 Å². The number of aliphatic hydroxyl groups excluding tert-OH is 1. The molecule has 0 aromatic heterocycles. The monoisotopic (exact) mass is 255 g/mol. The number of benzene rings is 1. The van der Waals surface area contributed by atoms with Crippen LogP contribution >= 0.6 is 15.9 Å². The van der Waals surface area contributed by atoms with Crippen LogP contribution in [0, 0.1) is 11.3 Å². The molecule has 0 spiro atoms. The molecule has 1 aromatic rings. The molecule has 0 fully saturated rings. The Morgan fingerprint density at radius 3 is 2.93 bits per heavy atom. The van der Waals surface area contributed by atoms with Gasteiger partial charge in [0.25, 0.3) is 0 Å². The van der Waals surface area contributed by atoms with Gasteiger partial charge in [-0.25, -0.2) is 0 Å². The maximum Gasteiger partial charge on any atom is 0.181 e. The van der Waals surface area contributed by atoms with Gasteiger partial charge in [-0.3, -0.25) is 0 Å². The van der Waals surface area contributed by atoms with Crippen molar-refractivity contribution < 1.29 is 9.84 Å². The van der Waals surface area contributed by atoms with E-state index in [1.807, 2.05) is 6.07 Å². The number of hydrogen-bond acceptors (Lipinski definition) is 3. The fourth-order valence-corrected chi connectivity index (χ4v) is 1.47. The number of ether oxygens (including phenoxy) is 1. The Labute approximate surface area is 91.1 Å². The summed E-state index contributed by atoms with van der Waals surface area (Å²) in [7, 11) is 0. The van der Waals surface area contributed by atoms with Gasteiger partial charge in [-0.1, -0.05) is 12.1 Å². The lowest BCUT2D eigenvalue weighted by molar-refractivity contribution is 0.266. The smallest absolute Gasteiger partial charge is 0.181 e. The zero-order valence-corrected chi connectivity index (χ0v) is 9.28. The molecule has 1 unspecified atom stereocenters. The van der Waals surface area contributed by atoms with E-state index in [2.05, 4.69) is 15.9 Å². The van der Waals surface area contributed by atoms with E-state index in [-0.39, 0.29) is 6.61 Å². The fraction of sp³-hybridized carbons (Fsp3) is 0.300. The number of nitrogens with zero attached hydrogens (tertiary/aromatic N) is 1. The zero-order chi connectivity index (χ0) is 10.6. The Bertz CT molecular complexity index is 360. The molecule has 0 bridgehead atoms. The number of nitriles is 1. The molecule has 1 atom stereocenters. The van der Waals surface area contributed by atoms with Crippen molar-refractivity contribution in [2.24, 2.45) is 0 Å². The quantitative estimate of drug-likeness (QED) is 0.902. The van der Waals surface area contributed by atoms with Gasteiger partial charge in [-0.15, -0.1) is 0 Å². The number of halogens is 1. The number of aliphatic hydroxyl groups is 1. The highest BCUT2D eigenvalue weighted by Crippen LogP contribution is 2.29. The summed E-state index contributed by atoms with van der Waals surface area (Å²) in [5, 5.41) is 17.6. The SMILES string of the molecule is CC(C#N)Oc1cccc(CO)c1Br. The first-order valence-corrected chi connectivity index (χ1v) is 4.93. The Hall–Kier alpha value is -1.05. The van der Waals surface area contributed by atoms with Crippen molar-refractivity contribution in [3.8, 4) is 11.8 Å². The molecule has 0 saturated heterocycles. The minimum atomic E-state index is -0.500. The molecule has 0 amide bonds. The van der Waals surface area contributed by atoms with E-state index >= 15 is 0 Å². The molecule has 0 saturated carbocycles. The van der Waals surface area contributed by atoms with Crippen molar-refractivity contribution >= 4 is 15.9 Å². The highest BCUT2D eigenvalue weighted by atomic mass is 79.9. The lowest BCUT2D eigenvalue weighted by Gasteiger charge is -2.11. The van der Waals surface area contributed by atoms with Crippen LogP contribution < -0.4 is 4.74 Å². The summed E-state index contributed by atoms with van der Waals surface area (Å²) < 4.78 is 6.02. The van der Waals surface area contributed by atoms with Crippen molar-refractivity contribution in [3.63, 3.8) is 0 Å². The van der Waals surface area contributed by atoms with Gasteiger partial charge in [0.2, 0.25) is 0 Å². The molecule has 0 radical (unpaired) electrons. The second-order valence-electron chi connectivity index (χ2n) is 2.78. The van der Waals surface area contributed by atoms with Gasteiger partial charge in [0.15, 0.2) is 6.10 Å². The highest BCUT2D eigenvalue weighted by Gasteiger charge is 2.08. The standard InChI is InChI=1S/C10H10BrNO2/c1-7(5-12)14-9-4-2-3-8(6-13)10(9)11/h2-4,7,13H,6H2,1H3. The Balaban J connectivity index is 2.93. The third kappa shape index (κ3) is 2.47. The summed E-state index contributed by atoms with van der Waals surface area (Å²) in [5.74, 6) is 0.575. The maximum atomic E-state index is 8.98. The van der Waals surface area contributed by atoms with Crippen LogP contribution in [0.3, 0.4) is 0 Å². The second-order valence-corrected chi connectivity index (χ2v) is 3.57. The molecule has 1 N–H and O–H groups in total. The Kier molecular flexibility index (Phi) is 3.93. The van der Waals surface area contributed by atoms with E-state index in [1.165, 1.54) is 0 Å². The molecule has 3 nitrogen and oxygen atoms in total. The average molecular weight is 256 g/mol. The van der Waals surface area contributed by atoms with Crippen LogP contribution in [0.1, 0.15) is 12.5 Å². The first-order chi connectivity index (χ1) is 6.69. The third-order valence-corrected chi connectivity index (χ3v) is 2.60. The van der Waals surface area contributed by atoms with Crippen LogP contribution in [0.5, 0.6) is 5.75 Å².